The molecule has 2 amide bonds. The molecule has 0 aromatic rings. The summed E-state index contributed by atoms with van der Waals surface area (Å²) in [5, 5.41) is 5.24. The maximum atomic E-state index is 11.6. The number of hydrogen-bond donors (Lipinski definition) is 3. The second kappa shape index (κ2) is 8.52. The molecule has 0 aliphatic rings. The van der Waals surface area contributed by atoms with Crippen LogP contribution in [0.4, 0.5) is 0 Å². The number of amides is 2. The number of hydrogen-bond acceptors (Lipinski definition) is 4. The van der Waals surface area contributed by atoms with Gasteiger partial charge in [-0.1, -0.05) is 6.92 Å². The van der Waals surface area contributed by atoms with Gasteiger partial charge in [0.25, 0.3) is 0 Å². The lowest BCUT2D eigenvalue weighted by Gasteiger charge is -2.16. The van der Waals surface area contributed by atoms with E-state index >= 15 is 0 Å². The lowest BCUT2D eigenvalue weighted by atomic mass is 10.3. The molecule has 0 spiro atoms. The van der Waals surface area contributed by atoms with Crippen LogP contribution in [0.1, 0.15) is 20.3 Å². The zero-order valence-corrected chi connectivity index (χ0v) is 12.1. The van der Waals surface area contributed by atoms with E-state index in [0.717, 1.165) is 0 Å². The zero-order valence-electron chi connectivity index (χ0n) is 10.4. The van der Waals surface area contributed by atoms with E-state index in [1.807, 2.05) is 6.92 Å². The molecule has 7 heteroatoms. The Morgan fingerprint density at radius 1 is 1.41 bits per heavy atom. The molecule has 0 aromatic heterocycles. The van der Waals surface area contributed by atoms with Gasteiger partial charge in [-0.3, -0.25) is 13.8 Å². The summed E-state index contributed by atoms with van der Waals surface area (Å²) in [6.07, 6.45) is 2.29. The molecule has 5 nitrogen and oxygen atoms in total. The molecule has 100 valence electrons. The molecule has 0 fully saturated rings. The van der Waals surface area contributed by atoms with Gasteiger partial charge in [0.2, 0.25) is 11.8 Å². The van der Waals surface area contributed by atoms with Gasteiger partial charge >= 0.3 is 0 Å². The predicted octanol–water partition coefficient (Wildman–Crippen LogP) is -0.306. The quantitative estimate of drug-likeness (QED) is 0.560. The molecule has 0 saturated carbocycles. The molecule has 2 N–H and O–H groups in total. The Morgan fingerprint density at radius 3 is 2.41 bits per heavy atom. The van der Waals surface area contributed by atoms with Crippen molar-refractivity contribution < 1.29 is 13.8 Å². The number of carbonyl (C=O) groups is 2. The van der Waals surface area contributed by atoms with Crippen molar-refractivity contribution >= 4 is 35.2 Å². The van der Waals surface area contributed by atoms with E-state index in [9.17, 15) is 13.8 Å². The Labute approximate surface area is 110 Å². The highest BCUT2D eigenvalue weighted by atomic mass is 32.2. The van der Waals surface area contributed by atoms with Gasteiger partial charge in [-0.2, -0.15) is 12.6 Å². The van der Waals surface area contributed by atoms with Crippen molar-refractivity contribution in [2.75, 3.05) is 18.6 Å². The first-order valence-corrected chi connectivity index (χ1v) is 7.61. The number of thiol groups is 1. The van der Waals surface area contributed by atoms with Crippen LogP contribution in [0.15, 0.2) is 0 Å². The topological polar surface area (TPSA) is 75.3 Å². The first kappa shape index (κ1) is 16.4. The molecule has 3 unspecified atom stereocenters. The minimum Gasteiger partial charge on any atom is -0.354 e. The van der Waals surface area contributed by atoms with Crippen LogP contribution in [0.2, 0.25) is 0 Å². The van der Waals surface area contributed by atoms with Gasteiger partial charge in [0.15, 0.2) is 0 Å². The van der Waals surface area contributed by atoms with Crippen LogP contribution in [0.3, 0.4) is 0 Å². The fraction of sp³-hybridized carbons (Fsp3) is 0.800. The minimum atomic E-state index is -0.883. The summed E-state index contributed by atoms with van der Waals surface area (Å²) in [6.45, 7) is 3.67. The highest BCUT2D eigenvalue weighted by Gasteiger charge is 2.17. The van der Waals surface area contributed by atoms with Crippen LogP contribution in [-0.2, 0) is 20.4 Å². The molecule has 0 saturated heterocycles. The third-order valence-corrected chi connectivity index (χ3v) is 4.03. The monoisotopic (exact) mass is 280 g/mol. The Morgan fingerprint density at radius 2 is 2.00 bits per heavy atom. The van der Waals surface area contributed by atoms with Crippen LogP contribution in [0, 0.1) is 0 Å². The van der Waals surface area contributed by atoms with Gasteiger partial charge in [-0.25, -0.2) is 0 Å². The second-order valence-corrected chi connectivity index (χ2v) is 5.99. The van der Waals surface area contributed by atoms with Gasteiger partial charge in [0.05, 0.1) is 0 Å². The Kier molecular flexibility index (Phi) is 8.24. The van der Waals surface area contributed by atoms with Crippen molar-refractivity contribution in [3.05, 3.63) is 0 Å². The molecule has 3 atom stereocenters. The van der Waals surface area contributed by atoms with Crippen molar-refractivity contribution in [2.24, 2.45) is 0 Å². The highest BCUT2D eigenvalue weighted by molar-refractivity contribution is 7.84. The fourth-order valence-corrected chi connectivity index (χ4v) is 1.83. The van der Waals surface area contributed by atoms with Gasteiger partial charge in [0.1, 0.15) is 6.04 Å². The summed E-state index contributed by atoms with van der Waals surface area (Å²) in [4.78, 5) is 22.4. The third-order valence-electron chi connectivity index (χ3n) is 2.29. The maximum Gasteiger partial charge on any atom is 0.243 e. The summed E-state index contributed by atoms with van der Waals surface area (Å²) in [6, 6.07) is -0.613. The van der Waals surface area contributed by atoms with Crippen LogP contribution < -0.4 is 10.6 Å². The summed E-state index contributed by atoms with van der Waals surface area (Å²) in [5.74, 6) is -0.271. The van der Waals surface area contributed by atoms with Crippen molar-refractivity contribution in [3.63, 3.8) is 0 Å². The van der Waals surface area contributed by atoms with Gasteiger partial charge in [0, 0.05) is 41.5 Å². The van der Waals surface area contributed by atoms with Gasteiger partial charge in [-0.05, 0) is 6.42 Å². The Balaban J connectivity index is 3.98. The SMILES string of the molecule is CC(=O)NC(CS)C(=O)NCCC(C)S(C)=O. The molecular formula is C10H20N2O3S2. The normalized spacial score (nSPS) is 15.8. The zero-order chi connectivity index (χ0) is 13.4. The lowest BCUT2D eigenvalue weighted by Crippen LogP contribution is -2.47. The molecule has 0 aliphatic heterocycles. The predicted molar refractivity (Wildman–Crippen MR) is 72.6 cm³/mol. The largest absolute Gasteiger partial charge is 0.354 e. The molecule has 17 heavy (non-hydrogen) atoms. The first-order valence-electron chi connectivity index (χ1n) is 5.36. The van der Waals surface area contributed by atoms with E-state index < -0.39 is 16.8 Å². The standard InChI is InChI=1S/C10H20N2O3S2/c1-7(17(3)15)4-5-11-10(14)9(6-16)12-8(2)13/h7,9,16H,4-6H2,1-3H3,(H,11,14)(H,12,13). The number of rotatable bonds is 7. The van der Waals surface area contributed by atoms with E-state index in [0.29, 0.717) is 13.0 Å². The van der Waals surface area contributed by atoms with Crippen LogP contribution in [0.5, 0.6) is 0 Å². The number of nitrogens with one attached hydrogen (secondary N) is 2. The van der Waals surface area contributed by atoms with E-state index in [4.69, 9.17) is 0 Å². The average molecular weight is 280 g/mol. The molecule has 0 rings (SSSR count). The van der Waals surface area contributed by atoms with Crippen molar-refractivity contribution in [1.82, 2.24) is 10.6 Å². The minimum absolute atomic E-state index is 0.0468. The van der Waals surface area contributed by atoms with E-state index in [1.54, 1.807) is 6.26 Å². The highest BCUT2D eigenvalue weighted by Crippen LogP contribution is 1.97. The summed E-state index contributed by atoms with van der Waals surface area (Å²) < 4.78 is 11.1. The lowest BCUT2D eigenvalue weighted by molar-refractivity contribution is -0.127. The van der Waals surface area contributed by atoms with E-state index in [1.165, 1.54) is 6.92 Å². The maximum absolute atomic E-state index is 11.6. The van der Waals surface area contributed by atoms with Crippen molar-refractivity contribution in [1.29, 1.82) is 0 Å². The Hall–Kier alpha value is -0.560. The first-order chi connectivity index (χ1) is 7.88. The van der Waals surface area contributed by atoms with Gasteiger partial charge in [-0.15, -0.1) is 0 Å². The van der Waals surface area contributed by atoms with Crippen molar-refractivity contribution in [3.8, 4) is 0 Å². The smallest absolute Gasteiger partial charge is 0.243 e. The summed E-state index contributed by atoms with van der Waals surface area (Å²) in [5.41, 5.74) is 0. The van der Waals surface area contributed by atoms with Gasteiger partial charge < -0.3 is 10.6 Å². The molecule has 0 heterocycles. The molecule has 0 aromatic carbocycles. The average Bonchev–Trinajstić information content (AvgIpc) is 2.24. The summed E-state index contributed by atoms with van der Waals surface area (Å²) >= 11 is 4.00. The van der Waals surface area contributed by atoms with Crippen LogP contribution in [0.25, 0.3) is 0 Å². The van der Waals surface area contributed by atoms with Crippen molar-refractivity contribution in [2.45, 2.75) is 31.6 Å². The third kappa shape index (κ3) is 7.38. The molecule has 0 aliphatic carbocycles. The van der Waals surface area contributed by atoms with E-state index in [2.05, 4.69) is 23.3 Å². The van der Waals surface area contributed by atoms with Crippen LogP contribution >= 0.6 is 12.6 Å². The Bertz CT molecular complexity index is 297. The van der Waals surface area contributed by atoms with Crippen LogP contribution in [-0.4, -0.2) is 45.9 Å². The number of carbonyl (C=O) groups excluding carboxylic acids is 2. The molecule has 0 bridgehead atoms. The molecule has 0 radical (unpaired) electrons. The summed E-state index contributed by atoms with van der Waals surface area (Å²) in [7, 11) is -0.883. The van der Waals surface area contributed by atoms with E-state index in [-0.39, 0.29) is 22.8 Å². The fourth-order valence-electron chi connectivity index (χ4n) is 1.13. The molecular weight excluding hydrogens is 260 g/mol. The second-order valence-electron chi connectivity index (χ2n) is 3.82.